The Balaban J connectivity index is 0.00000220. The molecule has 0 aliphatic heterocycles. The molecule has 3 nitrogen and oxygen atoms in total. The molecule has 2 rings (SSSR count). The van der Waals surface area contributed by atoms with Crippen molar-refractivity contribution in [1.82, 2.24) is 10.6 Å². The van der Waals surface area contributed by atoms with Gasteiger partial charge in [0.05, 0.1) is 0 Å². The van der Waals surface area contributed by atoms with Gasteiger partial charge in [-0.1, -0.05) is 56.3 Å². The Hall–Kier alpha value is -1.58. The molecule has 0 spiro atoms. The standard InChI is InChI=1S/C17H22N2O.ClH/c1-13(2)17(20)19-11-10-18-12-15-8-5-7-14-6-3-4-9-16(14)15;/h3-9,13,18H,10-12H2,1-2H3,(H,19,20);1H. The van der Waals surface area contributed by atoms with Crippen molar-refractivity contribution in [2.75, 3.05) is 13.1 Å². The first-order valence-electron chi connectivity index (χ1n) is 7.13. The topological polar surface area (TPSA) is 41.1 Å². The molecule has 0 saturated carbocycles. The summed E-state index contributed by atoms with van der Waals surface area (Å²) < 4.78 is 0. The lowest BCUT2D eigenvalue weighted by atomic mass is 10.0. The molecule has 0 bridgehead atoms. The van der Waals surface area contributed by atoms with E-state index in [9.17, 15) is 4.79 Å². The van der Waals surface area contributed by atoms with E-state index in [-0.39, 0.29) is 24.2 Å². The van der Waals surface area contributed by atoms with Crippen molar-refractivity contribution in [2.24, 2.45) is 5.92 Å². The first-order chi connectivity index (χ1) is 9.68. The third kappa shape index (κ3) is 5.03. The second-order valence-corrected chi connectivity index (χ2v) is 5.26. The van der Waals surface area contributed by atoms with Gasteiger partial charge in [-0.2, -0.15) is 0 Å². The first-order valence-corrected chi connectivity index (χ1v) is 7.13. The van der Waals surface area contributed by atoms with Gasteiger partial charge in [-0.25, -0.2) is 0 Å². The lowest BCUT2D eigenvalue weighted by molar-refractivity contribution is -0.123. The van der Waals surface area contributed by atoms with Crippen molar-refractivity contribution in [3.63, 3.8) is 0 Å². The van der Waals surface area contributed by atoms with Gasteiger partial charge in [0.25, 0.3) is 0 Å². The molecular formula is C17H23ClN2O. The fraction of sp³-hybridized carbons (Fsp3) is 0.353. The minimum atomic E-state index is 0. The molecule has 0 aliphatic rings. The van der Waals surface area contributed by atoms with E-state index in [2.05, 4.69) is 53.1 Å². The van der Waals surface area contributed by atoms with Crippen LogP contribution in [0.5, 0.6) is 0 Å². The Kier molecular flexibility index (Phi) is 7.20. The van der Waals surface area contributed by atoms with Gasteiger partial charge in [0, 0.05) is 25.6 Å². The van der Waals surface area contributed by atoms with E-state index in [1.54, 1.807) is 0 Å². The van der Waals surface area contributed by atoms with Crippen LogP contribution >= 0.6 is 12.4 Å². The summed E-state index contributed by atoms with van der Waals surface area (Å²) in [6, 6.07) is 14.7. The number of hydrogen-bond donors (Lipinski definition) is 2. The third-order valence-electron chi connectivity index (χ3n) is 3.32. The monoisotopic (exact) mass is 306 g/mol. The highest BCUT2D eigenvalue weighted by Gasteiger charge is 2.04. The Labute approximate surface area is 132 Å². The van der Waals surface area contributed by atoms with Crippen molar-refractivity contribution in [1.29, 1.82) is 0 Å². The summed E-state index contributed by atoms with van der Waals surface area (Å²) in [5.41, 5.74) is 1.29. The number of nitrogens with one attached hydrogen (secondary N) is 2. The molecule has 2 aromatic carbocycles. The number of benzene rings is 2. The second-order valence-electron chi connectivity index (χ2n) is 5.26. The van der Waals surface area contributed by atoms with Gasteiger partial charge >= 0.3 is 0 Å². The maximum Gasteiger partial charge on any atom is 0.222 e. The lowest BCUT2D eigenvalue weighted by Crippen LogP contribution is -2.34. The summed E-state index contributed by atoms with van der Waals surface area (Å²) in [6.07, 6.45) is 0. The van der Waals surface area contributed by atoms with E-state index in [0.29, 0.717) is 6.54 Å². The van der Waals surface area contributed by atoms with Crippen LogP contribution in [0.3, 0.4) is 0 Å². The molecule has 2 aromatic rings. The minimum absolute atomic E-state index is 0. The van der Waals surface area contributed by atoms with Gasteiger partial charge in [0.1, 0.15) is 0 Å². The van der Waals surface area contributed by atoms with Crippen LogP contribution in [0.2, 0.25) is 0 Å². The summed E-state index contributed by atoms with van der Waals surface area (Å²) in [5, 5.41) is 8.83. The number of fused-ring (bicyclic) bond motifs is 1. The van der Waals surface area contributed by atoms with Crippen LogP contribution in [-0.2, 0) is 11.3 Å². The van der Waals surface area contributed by atoms with E-state index in [4.69, 9.17) is 0 Å². The second kappa shape index (κ2) is 8.65. The predicted octanol–water partition coefficient (Wildman–Crippen LogP) is 3.12. The summed E-state index contributed by atoms with van der Waals surface area (Å²) in [5.74, 6) is 0.157. The molecule has 0 unspecified atom stereocenters. The van der Waals surface area contributed by atoms with Crippen molar-refractivity contribution >= 4 is 29.1 Å². The van der Waals surface area contributed by atoms with Gasteiger partial charge in [0.2, 0.25) is 5.91 Å². The molecule has 0 aromatic heterocycles. The van der Waals surface area contributed by atoms with Gasteiger partial charge in [0.15, 0.2) is 0 Å². The molecular weight excluding hydrogens is 284 g/mol. The lowest BCUT2D eigenvalue weighted by Gasteiger charge is -2.10. The molecule has 114 valence electrons. The molecule has 0 fully saturated rings. The van der Waals surface area contributed by atoms with Crippen molar-refractivity contribution in [2.45, 2.75) is 20.4 Å². The van der Waals surface area contributed by atoms with Gasteiger partial charge < -0.3 is 10.6 Å². The van der Waals surface area contributed by atoms with E-state index < -0.39 is 0 Å². The predicted molar refractivity (Wildman–Crippen MR) is 90.8 cm³/mol. The highest BCUT2D eigenvalue weighted by Crippen LogP contribution is 2.17. The van der Waals surface area contributed by atoms with E-state index >= 15 is 0 Å². The van der Waals surface area contributed by atoms with Gasteiger partial charge in [-0.3, -0.25) is 4.79 Å². The average molecular weight is 307 g/mol. The molecule has 0 heterocycles. The highest BCUT2D eigenvalue weighted by molar-refractivity contribution is 5.86. The maximum atomic E-state index is 11.4. The molecule has 1 amide bonds. The molecule has 21 heavy (non-hydrogen) atoms. The molecule has 0 radical (unpaired) electrons. The quantitative estimate of drug-likeness (QED) is 0.805. The molecule has 0 aliphatic carbocycles. The number of hydrogen-bond acceptors (Lipinski definition) is 2. The molecule has 4 heteroatoms. The zero-order valence-corrected chi connectivity index (χ0v) is 13.4. The fourth-order valence-electron chi connectivity index (χ4n) is 2.15. The largest absolute Gasteiger partial charge is 0.355 e. The normalized spacial score (nSPS) is 10.4. The summed E-state index contributed by atoms with van der Waals surface area (Å²) in [7, 11) is 0. The van der Waals surface area contributed by atoms with Crippen LogP contribution in [0.1, 0.15) is 19.4 Å². The summed E-state index contributed by atoms with van der Waals surface area (Å²) >= 11 is 0. The molecule has 2 N–H and O–H groups in total. The van der Waals surface area contributed by atoms with Crippen LogP contribution < -0.4 is 10.6 Å². The number of halogens is 1. The summed E-state index contributed by atoms with van der Waals surface area (Å²) in [6.45, 7) is 6.07. The Morgan fingerprint density at radius 3 is 2.52 bits per heavy atom. The maximum absolute atomic E-state index is 11.4. The Morgan fingerprint density at radius 1 is 1.05 bits per heavy atom. The van der Waals surface area contributed by atoms with Crippen LogP contribution in [0, 0.1) is 5.92 Å². The average Bonchev–Trinajstić information content (AvgIpc) is 2.46. The van der Waals surface area contributed by atoms with Crippen LogP contribution in [0.25, 0.3) is 10.8 Å². The molecule has 0 atom stereocenters. The Morgan fingerprint density at radius 2 is 1.76 bits per heavy atom. The first kappa shape index (κ1) is 17.5. The number of carbonyl (C=O) groups excluding carboxylic acids is 1. The van der Waals surface area contributed by atoms with Gasteiger partial charge in [-0.05, 0) is 16.3 Å². The fourth-order valence-corrected chi connectivity index (χ4v) is 2.15. The van der Waals surface area contributed by atoms with Crippen LogP contribution in [0.15, 0.2) is 42.5 Å². The van der Waals surface area contributed by atoms with E-state index in [1.165, 1.54) is 16.3 Å². The Bertz CT molecular complexity index is 579. The van der Waals surface area contributed by atoms with Crippen LogP contribution in [0.4, 0.5) is 0 Å². The SMILES string of the molecule is CC(C)C(=O)NCCNCc1cccc2ccccc12.Cl. The minimum Gasteiger partial charge on any atom is -0.355 e. The highest BCUT2D eigenvalue weighted by atomic mass is 35.5. The van der Waals surface area contributed by atoms with E-state index in [1.807, 2.05) is 13.8 Å². The smallest absolute Gasteiger partial charge is 0.222 e. The zero-order valence-electron chi connectivity index (χ0n) is 12.6. The van der Waals surface area contributed by atoms with Crippen molar-refractivity contribution < 1.29 is 4.79 Å². The number of carbonyl (C=O) groups is 1. The number of rotatable bonds is 6. The zero-order chi connectivity index (χ0) is 14.4. The molecule has 0 saturated heterocycles. The number of amides is 1. The van der Waals surface area contributed by atoms with Crippen molar-refractivity contribution in [3.05, 3.63) is 48.0 Å². The third-order valence-corrected chi connectivity index (χ3v) is 3.32. The van der Waals surface area contributed by atoms with Crippen molar-refractivity contribution in [3.8, 4) is 0 Å². The summed E-state index contributed by atoms with van der Waals surface area (Å²) in [4.78, 5) is 11.4. The van der Waals surface area contributed by atoms with Crippen LogP contribution in [-0.4, -0.2) is 19.0 Å². The van der Waals surface area contributed by atoms with E-state index in [0.717, 1.165) is 13.1 Å². The van der Waals surface area contributed by atoms with Gasteiger partial charge in [-0.15, -0.1) is 12.4 Å².